The lowest BCUT2D eigenvalue weighted by Gasteiger charge is -2.31. The largest absolute Gasteiger partial charge is 0.474 e. The first-order valence-electron chi connectivity index (χ1n) is 8.30. The quantitative estimate of drug-likeness (QED) is 0.743. The number of halogens is 2. The molecule has 0 spiro atoms. The van der Waals surface area contributed by atoms with Crippen molar-refractivity contribution in [1.82, 2.24) is 9.29 Å². The van der Waals surface area contributed by atoms with Crippen LogP contribution in [0.4, 0.5) is 0 Å². The topological polar surface area (TPSA) is 83.3 Å². The maximum absolute atomic E-state index is 12.9. The SMILES string of the molecule is Cc1cc(S(=O)(=O)N2CCC(Oc3ccc(C#N)cn3)CC2)c(Cl)cc1Cl. The highest BCUT2D eigenvalue weighted by Gasteiger charge is 2.32. The molecule has 0 aliphatic carbocycles. The van der Waals surface area contributed by atoms with Gasteiger partial charge in [0.15, 0.2) is 0 Å². The highest BCUT2D eigenvalue weighted by atomic mass is 35.5. The van der Waals surface area contributed by atoms with Crippen molar-refractivity contribution < 1.29 is 13.2 Å². The Labute approximate surface area is 168 Å². The number of sulfonamides is 1. The molecule has 6 nitrogen and oxygen atoms in total. The molecule has 0 bridgehead atoms. The Hall–Kier alpha value is -1.85. The summed E-state index contributed by atoms with van der Waals surface area (Å²) in [6, 6.07) is 8.23. The van der Waals surface area contributed by atoms with Crippen molar-refractivity contribution in [2.75, 3.05) is 13.1 Å². The average Bonchev–Trinajstić information content (AvgIpc) is 2.65. The first kappa shape index (κ1) is 19.9. The van der Waals surface area contributed by atoms with Crippen molar-refractivity contribution in [3.63, 3.8) is 0 Å². The molecular formula is C18H17Cl2N3O3S. The molecule has 1 fully saturated rings. The first-order valence-corrected chi connectivity index (χ1v) is 10.5. The van der Waals surface area contributed by atoms with E-state index in [1.54, 1.807) is 19.1 Å². The van der Waals surface area contributed by atoms with Crippen molar-refractivity contribution in [3.8, 4) is 11.9 Å². The van der Waals surface area contributed by atoms with Crippen LogP contribution in [0.25, 0.3) is 0 Å². The summed E-state index contributed by atoms with van der Waals surface area (Å²) >= 11 is 12.1. The molecule has 2 heterocycles. The zero-order valence-electron chi connectivity index (χ0n) is 14.5. The standard InChI is InChI=1S/C18H17Cl2N3O3S/c1-12-8-17(16(20)9-15(12)19)27(24,25)23-6-4-14(5-7-23)26-18-3-2-13(10-21)11-22-18/h2-3,8-9,11,14H,4-7H2,1H3. The number of hydrogen-bond donors (Lipinski definition) is 0. The summed E-state index contributed by atoms with van der Waals surface area (Å²) in [6.45, 7) is 2.38. The van der Waals surface area contributed by atoms with Crippen LogP contribution in [0.3, 0.4) is 0 Å². The molecule has 0 atom stereocenters. The van der Waals surface area contributed by atoms with E-state index < -0.39 is 10.0 Å². The molecule has 0 amide bonds. The predicted molar refractivity (Wildman–Crippen MR) is 103 cm³/mol. The van der Waals surface area contributed by atoms with Crippen molar-refractivity contribution in [2.24, 2.45) is 0 Å². The zero-order valence-corrected chi connectivity index (χ0v) is 16.9. The molecule has 9 heteroatoms. The van der Waals surface area contributed by atoms with E-state index in [1.165, 1.54) is 22.6 Å². The molecule has 2 aromatic rings. The molecule has 142 valence electrons. The van der Waals surface area contributed by atoms with Crippen LogP contribution in [-0.4, -0.2) is 36.9 Å². The second-order valence-corrected chi connectivity index (χ2v) is 8.97. The highest BCUT2D eigenvalue weighted by Crippen LogP contribution is 2.31. The third-order valence-corrected chi connectivity index (χ3v) is 7.16. The number of hydrogen-bond acceptors (Lipinski definition) is 5. The number of benzene rings is 1. The monoisotopic (exact) mass is 425 g/mol. The van der Waals surface area contributed by atoms with Crippen LogP contribution in [0, 0.1) is 18.3 Å². The maximum atomic E-state index is 12.9. The minimum atomic E-state index is -3.70. The van der Waals surface area contributed by atoms with Crippen molar-refractivity contribution in [3.05, 3.63) is 51.6 Å². The molecule has 0 radical (unpaired) electrons. The smallest absolute Gasteiger partial charge is 0.244 e. The second-order valence-electron chi connectivity index (χ2n) is 6.25. The second kappa shape index (κ2) is 8.03. The summed E-state index contributed by atoms with van der Waals surface area (Å²) in [5.74, 6) is 0.423. The van der Waals surface area contributed by atoms with Crippen LogP contribution in [0.15, 0.2) is 35.4 Å². The number of rotatable bonds is 4. The Morgan fingerprint density at radius 3 is 2.52 bits per heavy atom. The van der Waals surface area contributed by atoms with Gasteiger partial charge in [-0.1, -0.05) is 23.2 Å². The van der Waals surface area contributed by atoms with Crippen molar-refractivity contribution in [1.29, 1.82) is 5.26 Å². The molecular weight excluding hydrogens is 409 g/mol. The number of nitriles is 1. The molecule has 1 aliphatic rings. The van der Waals surface area contributed by atoms with Gasteiger partial charge in [0, 0.05) is 30.4 Å². The Morgan fingerprint density at radius 2 is 1.93 bits per heavy atom. The van der Waals surface area contributed by atoms with Gasteiger partial charge >= 0.3 is 0 Å². The van der Waals surface area contributed by atoms with E-state index in [-0.39, 0.29) is 16.0 Å². The maximum Gasteiger partial charge on any atom is 0.244 e. The number of aryl methyl sites for hydroxylation is 1. The number of ether oxygens (including phenoxy) is 1. The van der Waals surface area contributed by atoms with Crippen molar-refractivity contribution in [2.45, 2.75) is 30.8 Å². The Balaban J connectivity index is 1.67. The van der Waals surface area contributed by atoms with Crippen LogP contribution in [0.2, 0.25) is 10.0 Å². The Kier molecular flexibility index (Phi) is 5.92. The first-order chi connectivity index (χ1) is 12.8. The Bertz CT molecular complexity index is 980. The highest BCUT2D eigenvalue weighted by molar-refractivity contribution is 7.89. The minimum Gasteiger partial charge on any atom is -0.474 e. The number of aromatic nitrogens is 1. The van der Waals surface area contributed by atoms with Crippen LogP contribution in [-0.2, 0) is 10.0 Å². The molecule has 3 rings (SSSR count). The van der Waals surface area contributed by atoms with Crippen LogP contribution in [0.1, 0.15) is 24.0 Å². The fraction of sp³-hybridized carbons (Fsp3) is 0.333. The fourth-order valence-electron chi connectivity index (χ4n) is 2.84. The molecule has 1 aliphatic heterocycles. The van der Waals surface area contributed by atoms with Crippen LogP contribution < -0.4 is 4.74 Å². The Morgan fingerprint density at radius 1 is 1.22 bits per heavy atom. The molecule has 0 N–H and O–H groups in total. The molecule has 0 unspecified atom stereocenters. The van der Waals surface area contributed by atoms with Gasteiger partial charge in [-0.2, -0.15) is 9.57 Å². The van der Waals surface area contributed by atoms with Gasteiger partial charge in [0.1, 0.15) is 17.1 Å². The van der Waals surface area contributed by atoms with Gasteiger partial charge in [-0.15, -0.1) is 0 Å². The molecule has 1 aromatic heterocycles. The lowest BCUT2D eigenvalue weighted by molar-refractivity contribution is 0.130. The minimum absolute atomic E-state index is 0.0687. The van der Waals surface area contributed by atoms with E-state index >= 15 is 0 Å². The summed E-state index contributed by atoms with van der Waals surface area (Å²) in [6.07, 6.45) is 2.37. The summed E-state index contributed by atoms with van der Waals surface area (Å²) in [5, 5.41) is 9.34. The number of pyridine rings is 1. The summed E-state index contributed by atoms with van der Waals surface area (Å²) in [4.78, 5) is 4.15. The van der Waals surface area contributed by atoms with Gasteiger partial charge < -0.3 is 4.74 Å². The van der Waals surface area contributed by atoms with E-state index in [2.05, 4.69) is 4.98 Å². The lowest BCUT2D eigenvalue weighted by atomic mass is 10.1. The van der Waals surface area contributed by atoms with Gasteiger partial charge in [-0.25, -0.2) is 13.4 Å². The van der Waals surface area contributed by atoms with Gasteiger partial charge in [-0.05, 0) is 43.5 Å². The zero-order chi connectivity index (χ0) is 19.6. The number of nitrogens with zero attached hydrogens (tertiary/aromatic N) is 3. The molecule has 0 saturated carbocycles. The normalized spacial score (nSPS) is 16.1. The lowest BCUT2D eigenvalue weighted by Crippen LogP contribution is -2.41. The van der Waals surface area contributed by atoms with Gasteiger partial charge in [0.2, 0.25) is 15.9 Å². The molecule has 1 saturated heterocycles. The van der Waals surface area contributed by atoms with E-state index in [0.29, 0.717) is 48.0 Å². The van der Waals surface area contributed by atoms with Crippen LogP contribution >= 0.6 is 23.2 Å². The van der Waals surface area contributed by atoms with Crippen molar-refractivity contribution >= 4 is 33.2 Å². The van der Waals surface area contributed by atoms with E-state index in [9.17, 15) is 8.42 Å². The summed E-state index contributed by atoms with van der Waals surface area (Å²) in [7, 11) is -3.70. The third-order valence-electron chi connectivity index (χ3n) is 4.38. The predicted octanol–water partition coefficient (Wildman–Crippen LogP) is 3.80. The van der Waals surface area contributed by atoms with E-state index in [0.717, 1.165) is 0 Å². The summed E-state index contributed by atoms with van der Waals surface area (Å²) in [5.41, 5.74) is 1.11. The molecule has 1 aromatic carbocycles. The fourth-order valence-corrected chi connectivity index (χ4v) is 5.12. The summed E-state index contributed by atoms with van der Waals surface area (Å²) < 4.78 is 33.0. The van der Waals surface area contributed by atoms with Gasteiger partial charge in [0.25, 0.3) is 0 Å². The number of piperidine rings is 1. The average molecular weight is 426 g/mol. The molecule has 27 heavy (non-hydrogen) atoms. The van der Waals surface area contributed by atoms with Crippen LogP contribution in [0.5, 0.6) is 5.88 Å². The van der Waals surface area contributed by atoms with Gasteiger partial charge in [0.05, 0.1) is 10.6 Å². The third kappa shape index (κ3) is 4.36. The van der Waals surface area contributed by atoms with Gasteiger partial charge in [-0.3, -0.25) is 0 Å². The van der Waals surface area contributed by atoms with E-state index in [4.69, 9.17) is 33.2 Å². The van der Waals surface area contributed by atoms with E-state index in [1.807, 2.05) is 6.07 Å².